The van der Waals surface area contributed by atoms with Gasteiger partial charge in [-0.25, -0.2) is 9.82 Å². The predicted octanol–water partition coefficient (Wildman–Crippen LogP) is 1.89. The van der Waals surface area contributed by atoms with Gasteiger partial charge in [0.25, 0.3) is 5.91 Å². The van der Waals surface area contributed by atoms with E-state index < -0.39 is 0 Å². The van der Waals surface area contributed by atoms with Gasteiger partial charge in [-0.1, -0.05) is 12.5 Å². The van der Waals surface area contributed by atoms with E-state index in [1.54, 1.807) is 12.1 Å². The van der Waals surface area contributed by atoms with Crippen LogP contribution in [0.2, 0.25) is 0 Å². The first-order valence-electron chi connectivity index (χ1n) is 7.75. The second-order valence-electron chi connectivity index (χ2n) is 5.66. The minimum Gasteiger partial charge on any atom is -0.327 e. The van der Waals surface area contributed by atoms with Crippen molar-refractivity contribution in [1.29, 1.82) is 0 Å². The van der Waals surface area contributed by atoms with E-state index in [0.29, 0.717) is 11.0 Å². The summed E-state index contributed by atoms with van der Waals surface area (Å²) in [5, 5.41) is 3.94. The maximum Gasteiger partial charge on any atom is 0.295 e. The molecule has 0 unspecified atom stereocenters. The van der Waals surface area contributed by atoms with Crippen molar-refractivity contribution in [3.63, 3.8) is 0 Å². The fourth-order valence-corrected chi connectivity index (χ4v) is 3.02. The lowest BCUT2D eigenvalue weighted by molar-refractivity contribution is -0.893. The number of quaternary nitrogens is 1. The van der Waals surface area contributed by atoms with E-state index in [1.165, 1.54) is 49.3 Å². The highest BCUT2D eigenvalue weighted by atomic mass is 79.9. The van der Waals surface area contributed by atoms with Crippen LogP contribution < -0.4 is 10.3 Å². The zero-order valence-electron chi connectivity index (χ0n) is 12.6. The van der Waals surface area contributed by atoms with Gasteiger partial charge < -0.3 is 4.90 Å². The Bertz CT molecular complexity index is 528. The summed E-state index contributed by atoms with van der Waals surface area (Å²) in [6.07, 6.45) is 7.75. The molecule has 0 aromatic heterocycles. The number of amides is 1. The van der Waals surface area contributed by atoms with E-state index in [9.17, 15) is 9.18 Å². The molecule has 1 amide bonds. The number of benzene rings is 1. The second-order valence-corrected chi connectivity index (χ2v) is 6.52. The van der Waals surface area contributed by atoms with Crippen molar-refractivity contribution in [2.75, 3.05) is 19.6 Å². The number of hydrogen-bond donors (Lipinski definition) is 2. The first kappa shape index (κ1) is 17.1. The van der Waals surface area contributed by atoms with Crippen molar-refractivity contribution in [2.45, 2.75) is 32.1 Å². The molecule has 1 aromatic carbocycles. The van der Waals surface area contributed by atoms with E-state index in [1.807, 2.05) is 0 Å². The Hall–Kier alpha value is -1.27. The molecular weight excluding hydrogens is 349 g/mol. The van der Waals surface area contributed by atoms with Crippen LogP contribution in [0.3, 0.4) is 0 Å². The van der Waals surface area contributed by atoms with Gasteiger partial charge in [0.2, 0.25) is 0 Å². The molecule has 1 heterocycles. The van der Waals surface area contributed by atoms with Gasteiger partial charge in [-0.05, 0) is 59.3 Å². The SMILES string of the molecule is O=C(C[NH+]1CCCCCCC1)N/N=C\c1ccc(F)c(Br)c1. The minimum atomic E-state index is -0.318. The molecule has 0 radical (unpaired) electrons. The summed E-state index contributed by atoms with van der Waals surface area (Å²) in [6, 6.07) is 4.59. The third-order valence-corrected chi connectivity index (χ3v) is 4.43. The Morgan fingerprint density at radius 3 is 2.64 bits per heavy atom. The molecule has 120 valence electrons. The molecule has 0 bridgehead atoms. The van der Waals surface area contributed by atoms with Gasteiger partial charge in [-0.2, -0.15) is 5.10 Å². The average Bonchev–Trinajstić information content (AvgIpc) is 2.45. The van der Waals surface area contributed by atoms with Crippen molar-refractivity contribution in [1.82, 2.24) is 5.43 Å². The van der Waals surface area contributed by atoms with Crippen molar-refractivity contribution in [2.24, 2.45) is 5.10 Å². The summed E-state index contributed by atoms with van der Waals surface area (Å²) in [6.45, 7) is 2.58. The molecule has 4 nitrogen and oxygen atoms in total. The van der Waals surface area contributed by atoms with Crippen LogP contribution in [0.15, 0.2) is 27.8 Å². The Labute approximate surface area is 138 Å². The van der Waals surface area contributed by atoms with E-state index in [0.717, 1.165) is 18.7 Å². The number of likely N-dealkylation sites (tertiary alicyclic amines) is 1. The second kappa shape index (κ2) is 9.00. The van der Waals surface area contributed by atoms with Gasteiger partial charge in [-0.15, -0.1) is 0 Å². The van der Waals surface area contributed by atoms with Gasteiger partial charge in [0.15, 0.2) is 6.54 Å². The van der Waals surface area contributed by atoms with Crippen LogP contribution in [0.25, 0.3) is 0 Å². The summed E-state index contributed by atoms with van der Waals surface area (Å²) in [5.41, 5.74) is 3.28. The molecule has 1 aliphatic heterocycles. The van der Waals surface area contributed by atoms with Crippen LogP contribution in [0, 0.1) is 5.82 Å². The van der Waals surface area contributed by atoms with Crippen LogP contribution in [-0.4, -0.2) is 31.8 Å². The third-order valence-electron chi connectivity index (χ3n) is 3.82. The van der Waals surface area contributed by atoms with Crippen LogP contribution >= 0.6 is 15.9 Å². The molecule has 1 saturated heterocycles. The summed E-state index contributed by atoms with van der Waals surface area (Å²) in [7, 11) is 0. The van der Waals surface area contributed by atoms with E-state index in [2.05, 4.69) is 26.5 Å². The zero-order valence-corrected chi connectivity index (χ0v) is 14.2. The number of hydrogen-bond acceptors (Lipinski definition) is 2. The largest absolute Gasteiger partial charge is 0.327 e. The molecule has 6 heteroatoms. The Kier molecular flexibility index (Phi) is 6.99. The fraction of sp³-hybridized carbons (Fsp3) is 0.500. The van der Waals surface area contributed by atoms with Gasteiger partial charge >= 0.3 is 0 Å². The molecule has 0 atom stereocenters. The molecular formula is C16H22BrFN3O+. The molecule has 22 heavy (non-hydrogen) atoms. The third kappa shape index (κ3) is 5.85. The standard InChI is InChI=1S/C16H21BrFN3O/c17-14-10-13(6-7-15(14)18)11-19-20-16(22)12-21-8-4-2-1-3-5-9-21/h6-7,10-11H,1-5,8-9,12H2,(H,20,22)/p+1/b19-11-. The summed E-state index contributed by atoms with van der Waals surface area (Å²) < 4.78 is 13.5. The van der Waals surface area contributed by atoms with Crippen molar-refractivity contribution in [3.05, 3.63) is 34.1 Å². The van der Waals surface area contributed by atoms with Crippen LogP contribution in [0.1, 0.15) is 37.7 Å². The van der Waals surface area contributed by atoms with Gasteiger partial charge in [-0.3, -0.25) is 4.79 Å². The first-order valence-corrected chi connectivity index (χ1v) is 8.55. The number of rotatable bonds is 4. The molecule has 0 spiro atoms. The quantitative estimate of drug-likeness (QED) is 0.616. The molecule has 2 rings (SSSR count). The average molecular weight is 371 g/mol. The lowest BCUT2D eigenvalue weighted by Gasteiger charge is -2.20. The summed E-state index contributed by atoms with van der Waals surface area (Å²) >= 11 is 3.12. The lowest BCUT2D eigenvalue weighted by Crippen LogP contribution is -3.13. The lowest BCUT2D eigenvalue weighted by atomic mass is 10.1. The van der Waals surface area contributed by atoms with Crippen molar-refractivity contribution < 1.29 is 14.1 Å². The Morgan fingerprint density at radius 1 is 1.27 bits per heavy atom. The first-order chi connectivity index (χ1) is 10.6. The topological polar surface area (TPSA) is 45.9 Å². The fourth-order valence-electron chi connectivity index (χ4n) is 2.62. The predicted molar refractivity (Wildman–Crippen MR) is 88.5 cm³/mol. The number of carbonyl (C=O) groups excluding carboxylic acids is 1. The molecule has 1 fully saturated rings. The van der Waals surface area contributed by atoms with Gasteiger partial charge in [0.05, 0.1) is 23.8 Å². The molecule has 0 saturated carbocycles. The van der Waals surface area contributed by atoms with Crippen molar-refractivity contribution >= 4 is 28.1 Å². The summed E-state index contributed by atoms with van der Waals surface area (Å²) in [4.78, 5) is 13.2. The number of halogens is 2. The van der Waals surface area contributed by atoms with Crippen LogP contribution in [0.5, 0.6) is 0 Å². The summed E-state index contributed by atoms with van der Waals surface area (Å²) in [5.74, 6) is -0.394. The van der Waals surface area contributed by atoms with E-state index in [4.69, 9.17) is 0 Å². The highest BCUT2D eigenvalue weighted by Crippen LogP contribution is 2.15. The van der Waals surface area contributed by atoms with E-state index >= 15 is 0 Å². The maximum atomic E-state index is 13.1. The Balaban J connectivity index is 1.78. The monoisotopic (exact) mass is 370 g/mol. The molecule has 0 aliphatic carbocycles. The molecule has 1 aromatic rings. The highest BCUT2D eigenvalue weighted by Gasteiger charge is 2.14. The molecule has 1 aliphatic rings. The van der Waals surface area contributed by atoms with Crippen LogP contribution in [0.4, 0.5) is 4.39 Å². The van der Waals surface area contributed by atoms with E-state index in [-0.39, 0.29) is 11.7 Å². The van der Waals surface area contributed by atoms with Gasteiger partial charge in [0, 0.05) is 0 Å². The van der Waals surface area contributed by atoms with Gasteiger partial charge in [0.1, 0.15) is 5.82 Å². The normalized spacial score (nSPS) is 17.2. The molecule has 2 N–H and O–H groups in total. The number of nitrogens with zero attached hydrogens (tertiary/aromatic N) is 1. The minimum absolute atomic E-state index is 0.0759. The number of hydrazone groups is 1. The zero-order chi connectivity index (χ0) is 15.8. The Morgan fingerprint density at radius 2 is 1.95 bits per heavy atom. The van der Waals surface area contributed by atoms with Crippen LogP contribution in [-0.2, 0) is 4.79 Å². The smallest absolute Gasteiger partial charge is 0.295 e. The highest BCUT2D eigenvalue weighted by molar-refractivity contribution is 9.10. The number of carbonyl (C=O) groups is 1. The maximum absolute atomic E-state index is 13.1. The van der Waals surface area contributed by atoms with Crippen molar-refractivity contribution in [3.8, 4) is 0 Å². The number of nitrogens with one attached hydrogen (secondary N) is 2.